The molecule has 0 fully saturated rings. The summed E-state index contributed by atoms with van der Waals surface area (Å²) in [6.07, 6.45) is 0.919. The Morgan fingerprint density at radius 3 is 2.00 bits per heavy atom. The van der Waals surface area contributed by atoms with Crippen LogP contribution >= 0.6 is 0 Å². The summed E-state index contributed by atoms with van der Waals surface area (Å²) in [7, 11) is 0. The molecular weight excluding hydrogens is 246 g/mol. The van der Waals surface area contributed by atoms with Gasteiger partial charge in [0.2, 0.25) is 0 Å². The molecule has 2 N–H and O–H groups in total. The van der Waals surface area contributed by atoms with Gasteiger partial charge in [-0.2, -0.15) is 0 Å². The summed E-state index contributed by atoms with van der Waals surface area (Å²) >= 11 is 0. The van der Waals surface area contributed by atoms with Crippen molar-refractivity contribution in [3.05, 3.63) is 71.8 Å². The molecule has 0 saturated carbocycles. The van der Waals surface area contributed by atoms with Gasteiger partial charge >= 0.3 is 0 Å². The Kier molecular flexibility index (Phi) is 4.94. The summed E-state index contributed by atoms with van der Waals surface area (Å²) in [5, 5.41) is 0. The largest absolute Gasteiger partial charge is 0.356 e. The second-order valence-corrected chi connectivity index (χ2v) is 5.55. The van der Waals surface area contributed by atoms with Gasteiger partial charge < -0.3 is 10.5 Å². The highest BCUT2D eigenvalue weighted by molar-refractivity contribution is 5.16. The number of rotatable bonds is 6. The standard InChI is InChI=1S/C18H23NO/c1-15(13-16-9-5-3-6-10-16)18(2,19)20-14-17-11-7-4-8-12-17/h3-12,15H,13-14,19H2,1-2H3. The Hall–Kier alpha value is -1.64. The van der Waals surface area contributed by atoms with E-state index in [4.69, 9.17) is 10.5 Å². The fourth-order valence-corrected chi connectivity index (χ4v) is 2.13. The van der Waals surface area contributed by atoms with Gasteiger partial charge in [0.25, 0.3) is 0 Å². The second-order valence-electron chi connectivity index (χ2n) is 5.55. The van der Waals surface area contributed by atoms with Crippen LogP contribution in [0.3, 0.4) is 0 Å². The molecule has 0 bridgehead atoms. The maximum Gasteiger partial charge on any atom is 0.117 e. The minimum atomic E-state index is -0.633. The molecular formula is C18H23NO. The molecule has 0 radical (unpaired) electrons. The van der Waals surface area contributed by atoms with Gasteiger partial charge in [0.1, 0.15) is 5.72 Å². The molecule has 2 heteroatoms. The lowest BCUT2D eigenvalue weighted by Crippen LogP contribution is -2.46. The van der Waals surface area contributed by atoms with Crippen molar-refractivity contribution in [2.75, 3.05) is 0 Å². The third-order valence-electron chi connectivity index (χ3n) is 3.76. The predicted molar refractivity (Wildman–Crippen MR) is 83.1 cm³/mol. The van der Waals surface area contributed by atoms with Crippen LogP contribution in [0.5, 0.6) is 0 Å². The van der Waals surface area contributed by atoms with Gasteiger partial charge in [-0.25, -0.2) is 0 Å². The van der Waals surface area contributed by atoms with E-state index in [2.05, 4.69) is 43.3 Å². The second kappa shape index (κ2) is 6.69. The summed E-state index contributed by atoms with van der Waals surface area (Å²) in [4.78, 5) is 0. The van der Waals surface area contributed by atoms with E-state index in [-0.39, 0.29) is 5.92 Å². The van der Waals surface area contributed by atoms with Gasteiger partial charge in [-0.15, -0.1) is 0 Å². The molecule has 2 nitrogen and oxygen atoms in total. The molecule has 0 aromatic heterocycles. The first-order valence-electron chi connectivity index (χ1n) is 7.08. The maximum absolute atomic E-state index is 6.33. The van der Waals surface area contributed by atoms with Gasteiger partial charge in [-0.1, -0.05) is 67.6 Å². The van der Waals surface area contributed by atoms with Crippen molar-refractivity contribution in [2.45, 2.75) is 32.6 Å². The summed E-state index contributed by atoms with van der Waals surface area (Å²) < 4.78 is 5.93. The van der Waals surface area contributed by atoms with Gasteiger partial charge in [0.05, 0.1) is 6.61 Å². The van der Waals surface area contributed by atoms with E-state index in [1.165, 1.54) is 5.56 Å². The van der Waals surface area contributed by atoms with E-state index in [1.54, 1.807) is 0 Å². The minimum absolute atomic E-state index is 0.244. The first-order valence-corrected chi connectivity index (χ1v) is 7.08. The highest BCUT2D eigenvalue weighted by Crippen LogP contribution is 2.21. The van der Waals surface area contributed by atoms with Gasteiger partial charge in [-0.3, -0.25) is 0 Å². The number of nitrogens with two attached hydrogens (primary N) is 1. The normalized spacial score (nSPS) is 15.6. The zero-order valence-corrected chi connectivity index (χ0v) is 12.3. The van der Waals surface area contributed by atoms with Gasteiger partial charge in [0.15, 0.2) is 0 Å². The zero-order valence-electron chi connectivity index (χ0n) is 12.3. The SMILES string of the molecule is CC(Cc1ccccc1)C(C)(N)OCc1ccccc1. The molecule has 0 saturated heterocycles. The van der Waals surface area contributed by atoms with E-state index >= 15 is 0 Å². The summed E-state index contributed by atoms with van der Waals surface area (Å²) in [6, 6.07) is 20.5. The molecule has 20 heavy (non-hydrogen) atoms. The smallest absolute Gasteiger partial charge is 0.117 e. The summed E-state index contributed by atoms with van der Waals surface area (Å²) in [5.74, 6) is 0.244. The Morgan fingerprint density at radius 1 is 0.950 bits per heavy atom. The van der Waals surface area contributed by atoms with Crippen LogP contribution in [0.1, 0.15) is 25.0 Å². The molecule has 0 spiro atoms. The lowest BCUT2D eigenvalue weighted by atomic mass is 9.92. The number of benzene rings is 2. The minimum Gasteiger partial charge on any atom is -0.356 e. The van der Waals surface area contributed by atoms with Crippen LogP contribution in [0.25, 0.3) is 0 Å². The Labute approximate surface area is 121 Å². The van der Waals surface area contributed by atoms with Crippen molar-refractivity contribution in [1.82, 2.24) is 0 Å². The topological polar surface area (TPSA) is 35.2 Å². The van der Waals surface area contributed by atoms with Crippen molar-refractivity contribution in [3.63, 3.8) is 0 Å². The fourth-order valence-electron chi connectivity index (χ4n) is 2.13. The molecule has 106 valence electrons. The summed E-state index contributed by atoms with van der Waals surface area (Å²) in [6.45, 7) is 4.65. The average Bonchev–Trinajstić information content (AvgIpc) is 2.47. The molecule has 2 unspecified atom stereocenters. The molecule has 2 rings (SSSR count). The third-order valence-corrected chi connectivity index (χ3v) is 3.76. The van der Waals surface area contributed by atoms with Crippen LogP contribution in [0.2, 0.25) is 0 Å². The lowest BCUT2D eigenvalue weighted by molar-refractivity contribution is -0.0751. The van der Waals surface area contributed by atoms with E-state index in [1.807, 2.05) is 31.2 Å². The van der Waals surface area contributed by atoms with Crippen molar-refractivity contribution in [3.8, 4) is 0 Å². The Balaban J connectivity index is 1.92. The number of ether oxygens (including phenoxy) is 1. The van der Waals surface area contributed by atoms with E-state index in [9.17, 15) is 0 Å². The highest BCUT2D eigenvalue weighted by Gasteiger charge is 2.27. The fraction of sp³-hybridized carbons (Fsp3) is 0.333. The Morgan fingerprint density at radius 2 is 1.45 bits per heavy atom. The zero-order chi connectivity index (χ0) is 14.4. The lowest BCUT2D eigenvalue weighted by Gasteiger charge is -2.32. The summed E-state index contributed by atoms with van der Waals surface area (Å²) in [5.41, 5.74) is 8.14. The van der Waals surface area contributed by atoms with Crippen LogP contribution < -0.4 is 5.73 Å². The molecule has 0 aliphatic heterocycles. The van der Waals surface area contributed by atoms with E-state index < -0.39 is 5.72 Å². The van der Waals surface area contributed by atoms with Crippen LogP contribution in [0.4, 0.5) is 0 Å². The predicted octanol–water partition coefficient (Wildman–Crippen LogP) is 3.76. The molecule has 2 aromatic carbocycles. The van der Waals surface area contributed by atoms with Crippen LogP contribution in [0, 0.1) is 5.92 Å². The monoisotopic (exact) mass is 269 g/mol. The molecule has 2 atom stereocenters. The Bertz CT molecular complexity index is 507. The van der Waals surface area contributed by atoms with E-state index in [0.29, 0.717) is 6.61 Å². The molecule has 0 aliphatic carbocycles. The van der Waals surface area contributed by atoms with E-state index in [0.717, 1.165) is 12.0 Å². The quantitative estimate of drug-likeness (QED) is 0.810. The molecule has 0 aliphatic rings. The molecule has 0 amide bonds. The first-order chi connectivity index (χ1) is 9.58. The van der Waals surface area contributed by atoms with Crippen molar-refractivity contribution >= 4 is 0 Å². The van der Waals surface area contributed by atoms with Crippen LogP contribution in [0.15, 0.2) is 60.7 Å². The number of hydrogen-bond acceptors (Lipinski definition) is 2. The highest BCUT2D eigenvalue weighted by atomic mass is 16.5. The number of hydrogen-bond donors (Lipinski definition) is 1. The third kappa shape index (κ3) is 4.19. The molecule has 2 aromatic rings. The average molecular weight is 269 g/mol. The van der Waals surface area contributed by atoms with Gasteiger partial charge in [0, 0.05) is 5.92 Å². The van der Waals surface area contributed by atoms with Crippen LogP contribution in [-0.2, 0) is 17.8 Å². The first kappa shape index (κ1) is 14.8. The van der Waals surface area contributed by atoms with Crippen LogP contribution in [-0.4, -0.2) is 5.72 Å². The molecule has 0 heterocycles. The van der Waals surface area contributed by atoms with Crippen molar-refractivity contribution < 1.29 is 4.74 Å². The van der Waals surface area contributed by atoms with Crippen molar-refractivity contribution in [2.24, 2.45) is 11.7 Å². The van der Waals surface area contributed by atoms with Gasteiger partial charge in [-0.05, 0) is 24.5 Å². The van der Waals surface area contributed by atoms with Crippen molar-refractivity contribution in [1.29, 1.82) is 0 Å². The maximum atomic E-state index is 6.33.